The number of rotatable bonds is 4. The molecule has 8 aromatic carbocycles. The van der Waals surface area contributed by atoms with Crippen LogP contribution in [0.2, 0.25) is 0 Å². The summed E-state index contributed by atoms with van der Waals surface area (Å²) in [6, 6.07) is 39.0. The molecule has 0 N–H and O–H groups in total. The van der Waals surface area contributed by atoms with E-state index in [9.17, 15) is 6.85 Å². The van der Waals surface area contributed by atoms with E-state index in [2.05, 4.69) is 0 Å². The summed E-state index contributed by atoms with van der Waals surface area (Å²) in [5, 5.41) is 3.00. The van der Waals surface area contributed by atoms with Crippen LogP contribution in [-0.2, 0) is 0 Å². The molecule has 196 valence electrons. The van der Waals surface area contributed by atoms with Crippen molar-refractivity contribution < 1.29 is 9.60 Å². The highest BCUT2D eigenvalue weighted by atomic mass is 14.2. The van der Waals surface area contributed by atoms with Gasteiger partial charge >= 0.3 is 0 Å². The minimum Gasteiger partial charge on any atom is -0.0622 e. The van der Waals surface area contributed by atoms with Crippen molar-refractivity contribution in [3.8, 4) is 44.5 Å². The summed E-state index contributed by atoms with van der Waals surface area (Å²) in [4.78, 5) is 0. The van der Waals surface area contributed by atoms with Crippen LogP contribution in [0.3, 0.4) is 0 Å². The van der Waals surface area contributed by atoms with E-state index in [1.165, 1.54) is 0 Å². The molecule has 0 radical (unpaired) electrons. The fourth-order valence-electron chi connectivity index (χ4n) is 5.96. The predicted octanol–water partition coefficient (Wildman–Crippen LogP) is 11.8. The van der Waals surface area contributed by atoms with Crippen molar-refractivity contribution in [3.63, 3.8) is 0 Å². The van der Waals surface area contributed by atoms with Gasteiger partial charge in [0, 0.05) is 0 Å². The fraction of sp³-hybridized carbons (Fsp3) is 0. The van der Waals surface area contributed by atoms with Gasteiger partial charge in [0.1, 0.15) is 0 Å². The van der Waals surface area contributed by atoms with E-state index in [4.69, 9.17) is 2.74 Å². The van der Waals surface area contributed by atoms with Crippen LogP contribution in [0.1, 0.15) is 9.60 Å². The number of hydrogen-bond acceptors (Lipinski definition) is 0. The molecular weight excluding hydrogens is 504 g/mol. The molecule has 42 heavy (non-hydrogen) atoms. The van der Waals surface area contributed by atoms with Crippen molar-refractivity contribution in [2.45, 2.75) is 0 Å². The highest BCUT2D eigenvalue weighted by molar-refractivity contribution is 6.22. The summed E-state index contributed by atoms with van der Waals surface area (Å²) in [7, 11) is 0. The molecule has 8 aromatic rings. The molecule has 0 saturated heterocycles. The summed E-state index contributed by atoms with van der Waals surface area (Å²) in [5.74, 6) is 0. The number of fused-ring (bicyclic) bond motifs is 3. The quantitative estimate of drug-likeness (QED) is 0.195. The van der Waals surface area contributed by atoms with Crippen molar-refractivity contribution in [3.05, 3.63) is 170 Å². The average Bonchev–Trinajstić information content (AvgIpc) is 3.15. The van der Waals surface area contributed by atoms with Crippen LogP contribution in [0.15, 0.2) is 170 Å². The van der Waals surface area contributed by atoms with Gasteiger partial charge in [0.05, 0.1) is 9.60 Å². The van der Waals surface area contributed by atoms with Crippen molar-refractivity contribution in [1.29, 1.82) is 0 Å². The fourth-order valence-corrected chi connectivity index (χ4v) is 5.96. The number of hydrogen-bond donors (Lipinski definition) is 0. The minimum absolute atomic E-state index is 0.0268. The third-order valence-corrected chi connectivity index (χ3v) is 7.88. The van der Waals surface area contributed by atoms with Gasteiger partial charge in [-0.05, 0) is 88.9 Å². The van der Waals surface area contributed by atoms with Crippen LogP contribution in [0.25, 0.3) is 76.8 Å². The highest BCUT2D eigenvalue weighted by Crippen LogP contribution is 2.45. The van der Waals surface area contributed by atoms with Crippen molar-refractivity contribution in [2.24, 2.45) is 0 Å². The molecule has 0 amide bonds. The Morgan fingerprint density at radius 2 is 0.929 bits per heavy atom. The van der Waals surface area contributed by atoms with Gasteiger partial charge in [0.25, 0.3) is 0 Å². The van der Waals surface area contributed by atoms with Gasteiger partial charge in [-0.2, -0.15) is 0 Å². The summed E-state index contributed by atoms with van der Waals surface area (Å²) in [5.41, 5.74) is 4.96. The lowest BCUT2D eigenvalue weighted by atomic mass is 9.84. The first-order chi connectivity index (χ1) is 23.8. The maximum atomic E-state index is 9.96. The summed E-state index contributed by atoms with van der Waals surface area (Å²) in [6.45, 7) is 0. The second-order valence-electron chi connectivity index (χ2n) is 10.3. The van der Waals surface area contributed by atoms with E-state index in [0.29, 0.717) is 44.2 Å². The summed E-state index contributed by atoms with van der Waals surface area (Å²) >= 11 is 0. The third-order valence-electron chi connectivity index (χ3n) is 7.88. The van der Waals surface area contributed by atoms with Crippen LogP contribution in [-0.4, -0.2) is 0 Å². The van der Waals surface area contributed by atoms with Gasteiger partial charge in [-0.25, -0.2) is 0 Å². The molecular formula is C42H28. The molecule has 0 atom stereocenters. The monoisotopic (exact) mass is 539 g/mol. The minimum atomic E-state index is -0.380. The smallest absolute Gasteiger partial charge is 0.0622 e. The topological polar surface area (TPSA) is 0 Å². The Balaban J connectivity index is 1.66. The Kier molecular flexibility index (Phi) is 4.38. The van der Waals surface area contributed by atoms with Gasteiger partial charge in [0.2, 0.25) is 0 Å². The van der Waals surface area contributed by atoms with Gasteiger partial charge in [-0.15, -0.1) is 0 Å². The average molecular weight is 540 g/mol. The second-order valence-corrected chi connectivity index (χ2v) is 10.3. The Labute approximate surface area is 256 Å². The lowest BCUT2D eigenvalue weighted by Crippen LogP contribution is -1.92. The highest BCUT2D eigenvalue weighted by Gasteiger charge is 2.18. The van der Waals surface area contributed by atoms with Crippen LogP contribution in [0.5, 0.6) is 0 Å². The maximum absolute atomic E-state index is 9.96. The van der Waals surface area contributed by atoms with Crippen LogP contribution < -0.4 is 0 Å². The standard InChI is InChI=1S/C42H28/c1-3-13-29(14-4-1)32-19-11-20-34(27-32)42-38-23-10-9-22-37(38)41(31-16-5-2-6-17-31)39-26-25-33(28-40(39)42)36-24-12-18-30-15-7-8-21-35(30)36/h1-28H/i9D,10D,22D,23D,25D,26D,28D. The molecule has 0 aliphatic carbocycles. The molecule has 0 unspecified atom stereocenters. The Morgan fingerprint density at radius 1 is 0.357 bits per heavy atom. The molecule has 0 aliphatic heterocycles. The molecule has 0 nitrogen and oxygen atoms in total. The molecule has 0 saturated carbocycles. The number of benzene rings is 8. The van der Waals surface area contributed by atoms with Gasteiger partial charge in [0.15, 0.2) is 0 Å². The molecule has 0 fully saturated rings. The van der Waals surface area contributed by atoms with E-state index in [1.54, 1.807) is 0 Å². The molecule has 0 heterocycles. The van der Waals surface area contributed by atoms with E-state index in [-0.39, 0.29) is 53.1 Å². The molecule has 0 aliphatic rings. The van der Waals surface area contributed by atoms with E-state index in [1.807, 2.05) is 127 Å². The first kappa shape index (κ1) is 18.1. The zero-order valence-electron chi connectivity index (χ0n) is 29.6. The maximum Gasteiger partial charge on any atom is 0.0636 e. The van der Waals surface area contributed by atoms with Crippen molar-refractivity contribution in [1.82, 2.24) is 0 Å². The van der Waals surface area contributed by atoms with E-state index in [0.717, 1.165) is 21.9 Å². The third kappa shape index (κ3) is 4.08. The van der Waals surface area contributed by atoms with Gasteiger partial charge in [-0.3, -0.25) is 0 Å². The van der Waals surface area contributed by atoms with Crippen LogP contribution in [0.4, 0.5) is 0 Å². The zero-order chi connectivity index (χ0) is 34.0. The van der Waals surface area contributed by atoms with Crippen LogP contribution >= 0.6 is 0 Å². The second kappa shape index (κ2) is 10.2. The summed E-state index contributed by atoms with van der Waals surface area (Å²) in [6.07, 6.45) is 0. The molecule has 0 heteroatoms. The van der Waals surface area contributed by atoms with Gasteiger partial charge < -0.3 is 0 Å². The Bertz CT molecular complexity index is 2610. The Morgan fingerprint density at radius 3 is 1.71 bits per heavy atom. The lowest BCUT2D eigenvalue weighted by Gasteiger charge is -2.19. The van der Waals surface area contributed by atoms with Crippen LogP contribution in [0, 0.1) is 0 Å². The normalized spacial score (nSPS) is 13.7. The molecule has 0 bridgehead atoms. The van der Waals surface area contributed by atoms with E-state index < -0.39 is 0 Å². The van der Waals surface area contributed by atoms with Crippen molar-refractivity contribution >= 4 is 32.3 Å². The lowest BCUT2D eigenvalue weighted by molar-refractivity contribution is 1.61. The zero-order valence-corrected chi connectivity index (χ0v) is 22.6. The van der Waals surface area contributed by atoms with E-state index >= 15 is 0 Å². The Hall–Kier alpha value is -5.46. The SMILES string of the molecule is [2H]c1c([2H])c([2H])c2c(-c3cccc(-c4ccccc4)c3)c3c([2H])c(-c4cccc5ccccc45)c([2H])c([2H])c3c(-c3ccccc3)c2c1[2H]. The van der Waals surface area contributed by atoms with Gasteiger partial charge in [-0.1, -0.05) is 158 Å². The summed E-state index contributed by atoms with van der Waals surface area (Å²) < 4.78 is 65.1. The molecule has 8 rings (SSSR count). The molecule has 0 spiro atoms. The largest absolute Gasteiger partial charge is 0.0636 e. The predicted molar refractivity (Wildman–Crippen MR) is 181 cm³/mol. The first-order valence-electron chi connectivity index (χ1n) is 17.5. The van der Waals surface area contributed by atoms with Crippen molar-refractivity contribution in [2.75, 3.05) is 0 Å². The molecule has 0 aromatic heterocycles. The first-order valence-corrected chi connectivity index (χ1v) is 14.0.